The molecule has 0 amide bonds. The molecule has 3 nitrogen and oxygen atoms in total. The predicted molar refractivity (Wildman–Crippen MR) is 49.2 cm³/mol. The van der Waals surface area contributed by atoms with Gasteiger partial charge in [0.1, 0.15) is 0 Å². The number of carbonyl (C=O) groups is 1. The quantitative estimate of drug-likeness (QED) is 0.611. The minimum atomic E-state index is -0.0240. The molecule has 0 aromatic rings. The second kappa shape index (κ2) is 3.66. The van der Waals surface area contributed by atoms with E-state index in [1.165, 1.54) is 26.4 Å². The molecule has 1 aliphatic heterocycles. The molecule has 0 spiro atoms. The zero-order valence-corrected chi connectivity index (χ0v) is 8.08. The number of piperidine rings is 1. The van der Waals surface area contributed by atoms with Gasteiger partial charge in [-0.05, 0) is 31.2 Å². The minimum Gasteiger partial charge on any atom is -0.469 e. The Balaban J connectivity index is 2.05. The lowest BCUT2D eigenvalue weighted by Crippen LogP contribution is -2.45. The third-order valence-electron chi connectivity index (χ3n) is 3.51. The largest absolute Gasteiger partial charge is 0.469 e. The molecule has 2 rings (SSSR count). The Morgan fingerprint density at radius 1 is 1.38 bits per heavy atom. The lowest BCUT2D eigenvalue weighted by molar-refractivity contribution is -0.148. The predicted octanol–water partition coefficient (Wildman–Crippen LogP) is 0.795. The topological polar surface area (TPSA) is 38.3 Å². The van der Waals surface area contributed by atoms with E-state index in [1.54, 1.807) is 0 Å². The summed E-state index contributed by atoms with van der Waals surface area (Å²) in [6.07, 6.45) is 3.78. The molecular weight excluding hydrogens is 166 g/mol. The maximum absolute atomic E-state index is 11.4. The van der Waals surface area contributed by atoms with Gasteiger partial charge in [0, 0.05) is 6.54 Å². The molecule has 0 bridgehead atoms. The van der Waals surface area contributed by atoms with E-state index in [2.05, 4.69) is 5.32 Å². The second-order valence-electron chi connectivity index (χ2n) is 4.14. The summed E-state index contributed by atoms with van der Waals surface area (Å²) in [5.41, 5.74) is 0. The van der Waals surface area contributed by atoms with Crippen LogP contribution in [0, 0.1) is 17.8 Å². The van der Waals surface area contributed by atoms with Gasteiger partial charge in [-0.2, -0.15) is 0 Å². The van der Waals surface area contributed by atoms with Crippen molar-refractivity contribution in [3.8, 4) is 0 Å². The highest BCUT2D eigenvalue weighted by atomic mass is 16.5. The maximum atomic E-state index is 11.4. The van der Waals surface area contributed by atoms with Crippen LogP contribution in [0.15, 0.2) is 0 Å². The van der Waals surface area contributed by atoms with Gasteiger partial charge in [-0.3, -0.25) is 4.79 Å². The third-order valence-corrected chi connectivity index (χ3v) is 3.51. The van der Waals surface area contributed by atoms with Gasteiger partial charge >= 0.3 is 5.97 Å². The van der Waals surface area contributed by atoms with Gasteiger partial charge in [-0.25, -0.2) is 0 Å². The average Bonchev–Trinajstić information content (AvgIpc) is 2.63. The van der Waals surface area contributed by atoms with E-state index in [1.807, 2.05) is 0 Å². The van der Waals surface area contributed by atoms with Gasteiger partial charge in [-0.15, -0.1) is 0 Å². The number of ether oxygens (including phenoxy) is 1. The number of fused-ring (bicyclic) bond motifs is 1. The highest BCUT2D eigenvalue weighted by molar-refractivity contribution is 5.73. The molecule has 3 atom stereocenters. The first-order valence-corrected chi connectivity index (χ1v) is 5.11. The first kappa shape index (κ1) is 9.00. The number of nitrogens with one attached hydrogen (secondary N) is 1. The molecule has 1 saturated heterocycles. The molecule has 1 saturated carbocycles. The number of methoxy groups -OCH3 is 1. The fourth-order valence-corrected chi connectivity index (χ4v) is 2.83. The maximum Gasteiger partial charge on any atom is 0.310 e. The first-order valence-electron chi connectivity index (χ1n) is 5.11. The van der Waals surface area contributed by atoms with Crippen molar-refractivity contribution in [2.24, 2.45) is 17.8 Å². The zero-order chi connectivity index (χ0) is 9.26. The van der Waals surface area contributed by atoms with Crippen LogP contribution in [0.1, 0.15) is 19.3 Å². The molecule has 3 heteroatoms. The van der Waals surface area contributed by atoms with Crippen molar-refractivity contribution in [3.63, 3.8) is 0 Å². The van der Waals surface area contributed by atoms with Crippen molar-refractivity contribution in [2.75, 3.05) is 20.2 Å². The van der Waals surface area contributed by atoms with Gasteiger partial charge in [0.05, 0.1) is 13.0 Å². The van der Waals surface area contributed by atoms with Crippen LogP contribution in [0.4, 0.5) is 0 Å². The first-order chi connectivity index (χ1) is 6.33. The van der Waals surface area contributed by atoms with E-state index in [4.69, 9.17) is 4.74 Å². The molecule has 3 unspecified atom stereocenters. The molecule has 13 heavy (non-hydrogen) atoms. The van der Waals surface area contributed by atoms with E-state index in [0.29, 0.717) is 5.92 Å². The molecule has 1 aliphatic carbocycles. The number of rotatable bonds is 1. The lowest BCUT2D eigenvalue weighted by Gasteiger charge is -2.32. The van der Waals surface area contributed by atoms with Crippen LogP contribution in [-0.2, 0) is 9.53 Å². The zero-order valence-electron chi connectivity index (χ0n) is 8.08. The van der Waals surface area contributed by atoms with Crippen LogP contribution in [0.3, 0.4) is 0 Å². The summed E-state index contributed by atoms with van der Waals surface area (Å²) >= 11 is 0. The highest BCUT2D eigenvalue weighted by Gasteiger charge is 2.40. The summed E-state index contributed by atoms with van der Waals surface area (Å²) in [5.74, 6) is 1.40. The summed E-state index contributed by atoms with van der Waals surface area (Å²) in [6, 6.07) is 0. The Morgan fingerprint density at radius 3 is 3.00 bits per heavy atom. The summed E-state index contributed by atoms with van der Waals surface area (Å²) < 4.78 is 4.82. The standard InChI is InChI=1S/C10H17NO2/c1-13-10(12)9-6-11-5-7-3-2-4-8(7)9/h7-9,11H,2-6H2,1H3. The van der Waals surface area contributed by atoms with E-state index in [9.17, 15) is 4.79 Å². The van der Waals surface area contributed by atoms with Crippen molar-refractivity contribution in [1.29, 1.82) is 0 Å². The molecule has 2 fully saturated rings. The van der Waals surface area contributed by atoms with E-state index in [-0.39, 0.29) is 11.9 Å². The minimum absolute atomic E-state index is 0.0240. The fraction of sp³-hybridized carbons (Fsp3) is 0.900. The van der Waals surface area contributed by atoms with Crippen molar-refractivity contribution in [3.05, 3.63) is 0 Å². The third kappa shape index (κ3) is 1.57. The molecule has 2 aliphatic rings. The smallest absolute Gasteiger partial charge is 0.310 e. The van der Waals surface area contributed by atoms with Gasteiger partial charge in [0.2, 0.25) is 0 Å². The van der Waals surface area contributed by atoms with Crippen LogP contribution in [0.2, 0.25) is 0 Å². The van der Waals surface area contributed by atoms with Crippen LogP contribution in [-0.4, -0.2) is 26.2 Å². The van der Waals surface area contributed by atoms with Crippen LogP contribution < -0.4 is 5.32 Å². The second-order valence-corrected chi connectivity index (χ2v) is 4.14. The molecule has 0 radical (unpaired) electrons. The van der Waals surface area contributed by atoms with Crippen LogP contribution in [0.25, 0.3) is 0 Å². The van der Waals surface area contributed by atoms with E-state index in [0.717, 1.165) is 19.0 Å². The molecule has 1 heterocycles. The summed E-state index contributed by atoms with van der Waals surface area (Å²) in [7, 11) is 1.49. The molecular formula is C10H17NO2. The summed E-state index contributed by atoms with van der Waals surface area (Å²) in [4.78, 5) is 11.4. The Kier molecular flexibility index (Phi) is 2.54. The van der Waals surface area contributed by atoms with Crippen LogP contribution in [0.5, 0.6) is 0 Å². The lowest BCUT2D eigenvalue weighted by atomic mass is 9.81. The van der Waals surface area contributed by atoms with Gasteiger partial charge < -0.3 is 10.1 Å². The van der Waals surface area contributed by atoms with Crippen molar-refractivity contribution in [2.45, 2.75) is 19.3 Å². The molecule has 0 aromatic carbocycles. The Morgan fingerprint density at radius 2 is 2.23 bits per heavy atom. The Labute approximate surface area is 78.8 Å². The van der Waals surface area contributed by atoms with E-state index < -0.39 is 0 Å². The number of hydrogen-bond acceptors (Lipinski definition) is 3. The molecule has 0 aromatic heterocycles. The van der Waals surface area contributed by atoms with Crippen LogP contribution >= 0.6 is 0 Å². The van der Waals surface area contributed by atoms with Gasteiger partial charge in [-0.1, -0.05) is 6.42 Å². The average molecular weight is 183 g/mol. The Hall–Kier alpha value is -0.570. The normalized spacial score (nSPS) is 38.4. The number of carbonyl (C=O) groups excluding carboxylic acids is 1. The van der Waals surface area contributed by atoms with Gasteiger partial charge in [0.15, 0.2) is 0 Å². The Bertz CT molecular complexity index is 205. The monoisotopic (exact) mass is 183 g/mol. The number of esters is 1. The van der Waals surface area contributed by atoms with Crippen molar-refractivity contribution in [1.82, 2.24) is 5.32 Å². The highest BCUT2D eigenvalue weighted by Crippen LogP contribution is 2.38. The van der Waals surface area contributed by atoms with Crippen molar-refractivity contribution >= 4 is 5.97 Å². The van der Waals surface area contributed by atoms with Gasteiger partial charge in [0.25, 0.3) is 0 Å². The summed E-state index contributed by atoms with van der Waals surface area (Å²) in [5, 5.41) is 3.32. The number of hydrogen-bond donors (Lipinski definition) is 1. The molecule has 74 valence electrons. The SMILES string of the molecule is COC(=O)C1CNCC2CCCC21. The molecule has 1 N–H and O–H groups in total. The fourth-order valence-electron chi connectivity index (χ4n) is 2.83. The van der Waals surface area contributed by atoms with E-state index >= 15 is 0 Å². The summed E-state index contributed by atoms with van der Waals surface area (Å²) in [6.45, 7) is 1.91. The van der Waals surface area contributed by atoms with Crippen molar-refractivity contribution < 1.29 is 9.53 Å².